The summed E-state index contributed by atoms with van der Waals surface area (Å²) >= 11 is 0. The van der Waals surface area contributed by atoms with Gasteiger partial charge in [-0.25, -0.2) is 0 Å². The van der Waals surface area contributed by atoms with Crippen molar-refractivity contribution in [2.24, 2.45) is 5.92 Å². The van der Waals surface area contributed by atoms with Gasteiger partial charge >= 0.3 is 0 Å². The number of rotatable bonds is 3. The number of piperidine rings is 1. The molecule has 3 aliphatic rings. The first-order chi connectivity index (χ1) is 11.1. The molecule has 7 heteroatoms. The molecule has 3 rings (SSSR count). The minimum Gasteiger partial charge on any atom is -0.378 e. The Morgan fingerprint density at radius 1 is 1.13 bits per heavy atom. The number of imide groups is 1. The van der Waals surface area contributed by atoms with Gasteiger partial charge in [-0.05, 0) is 32.9 Å². The molecule has 0 aromatic carbocycles. The van der Waals surface area contributed by atoms with Crippen LogP contribution >= 0.6 is 0 Å². The van der Waals surface area contributed by atoms with Crippen LogP contribution in [0.15, 0.2) is 0 Å². The third kappa shape index (κ3) is 3.26. The first kappa shape index (κ1) is 16.4. The van der Waals surface area contributed by atoms with Crippen LogP contribution in [0.3, 0.4) is 0 Å². The van der Waals surface area contributed by atoms with Crippen molar-refractivity contribution < 1.29 is 19.1 Å². The van der Waals surface area contributed by atoms with Crippen molar-refractivity contribution in [1.29, 1.82) is 0 Å². The summed E-state index contributed by atoms with van der Waals surface area (Å²) in [6.07, 6.45) is 1.81. The van der Waals surface area contributed by atoms with E-state index < -0.39 is 0 Å². The van der Waals surface area contributed by atoms with Gasteiger partial charge in [-0.1, -0.05) is 0 Å². The summed E-state index contributed by atoms with van der Waals surface area (Å²) in [6.45, 7) is 6.29. The van der Waals surface area contributed by atoms with Crippen LogP contribution in [0, 0.1) is 5.92 Å². The van der Waals surface area contributed by atoms with Crippen molar-refractivity contribution in [2.45, 2.75) is 32.2 Å². The average molecular weight is 323 g/mol. The Labute approximate surface area is 136 Å². The van der Waals surface area contributed by atoms with E-state index in [0.717, 1.165) is 12.8 Å². The molecule has 3 amide bonds. The molecule has 0 spiro atoms. The van der Waals surface area contributed by atoms with Gasteiger partial charge in [-0.2, -0.15) is 0 Å². The van der Waals surface area contributed by atoms with Crippen LogP contribution in [0.25, 0.3) is 0 Å². The van der Waals surface area contributed by atoms with Gasteiger partial charge in [0.1, 0.15) is 0 Å². The molecule has 128 valence electrons. The molecule has 3 heterocycles. The van der Waals surface area contributed by atoms with Gasteiger partial charge in [0.2, 0.25) is 17.7 Å². The van der Waals surface area contributed by atoms with Crippen molar-refractivity contribution in [2.75, 3.05) is 45.9 Å². The van der Waals surface area contributed by atoms with Crippen molar-refractivity contribution >= 4 is 17.7 Å². The lowest BCUT2D eigenvalue weighted by Gasteiger charge is -2.37. The Balaban J connectivity index is 1.53. The number of likely N-dealkylation sites (N-methyl/N-ethyl adjacent to an activating group) is 1. The Hall–Kier alpha value is -1.47. The first-order valence-electron chi connectivity index (χ1n) is 8.56. The van der Waals surface area contributed by atoms with Crippen LogP contribution in [0.2, 0.25) is 0 Å². The molecule has 0 saturated carbocycles. The fourth-order valence-electron chi connectivity index (χ4n) is 3.78. The standard InChI is InChI=1S/C16H25N3O4/c1-2-19-14(20)11-13(16(19)22)17-5-3-12(4-6-17)15(21)18-7-9-23-10-8-18/h12-13H,2-11H2,1H3/t13-/m1/s1. The zero-order chi connectivity index (χ0) is 16.4. The molecule has 7 nitrogen and oxygen atoms in total. The van der Waals surface area contributed by atoms with E-state index in [1.165, 1.54) is 4.90 Å². The lowest BCUT2D eigenvalue weighted by molar-refractivity contribution is -0.141. The van der Waals surface area contributed by atoms with Crippen LogP contribution in [-0.2, 0) is 19.1 Å². The second kappa shape index (κ2) is 6.97. The second-order valence-corrected chi connectivity index (χ2v) is 6.44. The number of hydrogen-bond acceptors (Lipinski definition) is 5. The van der Waals surface area contributed by atoms with E-state index in [0.29, 0.717) is 45.9 Å². The Bertz CT molecular complexity index is 482. The monoisotopic (exact) mass is 323 g/mol. The normalized spacial score (nSPS) is 27.8. The number of carbonyl (C=O) groups is 3. The quantitative estimate of drug-likeness (QED) is 0.667. The lowest BCUT2D eigenvalue weighted by atomic mass is 9.94. The van der Waals surface area contributed by atoms with Crippen LogP contribution in [0.5, 0.6) is 0 Å². The SMILES string of the molecule is CCN1C(=O)C[C@@H](N2CCC(C(=O)N3CCOCC3)CC2)C1=O. The van der Waals surface area contributed by atoms with Gasteiger partial charge in [0.15, 0.2) is 0 Å². The largest absolute Gasteiger partial charge is 0.378 e. The molecule has 23 heavy (non-hydrogen) atoms. The van der Waals surface area contributed by atoms with Gasteiger partial charge in [0.25, 0.3) is 0 Å². The Morgan fingerprint density at radius 2 is 1.78 bits per heavy atom. The highest BCUT2D eigenvalue weighted by Crippen LogP contribution is 2.26. The van der Waals surface area contributed by atoms with Crippen LogP contribution in [0.4, 0.5) is 0 Å². The predicted molar refractivity (Wildman–Crippen MR) is 82.5 cm³/mol. The molecule has 1 atom stereocenters. The molecule has 0 aromatic rings. The molecule has 3 aliphatic heterocycles. The summed E-state index contributed by atoms with van der Waals surface area (Å²) in [5, 5.41) is 0. The van der Waals surface area contributed by atoms with Crippen molar-refractivity contribution in [3.8, 4) is 0 Å². The second-order valence-electron chi connectivity index (χ2n) is 6.44. The van der Waals surface area contributed by atoms with E-state index in [9.17, 15) is 14.4 Å². The minimum absolute atomic E-state index is 0.0406. The topological polar surface area (TPSA) is 70.2 Å². The summed E-state index contributed by atoms with van der Waals surface area (Å²) in [6, 6.07) is -0.318. The summed E-state index contributed by atoms with van der Waals surface area (Å²) < 4.78 is 5.29. The molecular formula is C16H25N3O4. The number of likely N-dealkylation sites (tertiary alicyclic amines) is 2. The molecule has 0 bridgehead atoms. The average Bonchev–Trinajstić information content (AvgIpc) is 2.89. The van der Waals surface area contributed by atoms with Gasteiger partial charge in [-0.15, -0.1) is 0 Å². The maximum Gasteiger partial charge on any atom is 0.247 e. The zero-order valence-corrected chi connectivity index (χ0v) is 13.7. The maximum absolute atomic E-state index is 12.5. The van der Waals surface area contributed by atoms with Crippen LogP contribution < -0.4 is 0 Å². The highest BCUT2D eigenvalue weighted by Gasteiger charge is 2.42. The number of morpholine rings is 1. The van der Waals surface area contributed by atoms with Crippen LogP contribution in [0.1, 0.15) is 26.2 Å². The van der Waals surface area contributed by atoms with E-state index in [1.807, 2.05) is 11.8 Å². The number of amides is 3. The third-order valence-corrected chi connectivity index (χ3v) is 5.18. The summed E-state index contributed by atoms with van der Waals surface area (Å²) in [4.78, 5) is 42.0. The van der Waals surface area contributed by atoms with E-state index in [4.69, 9.17) is 4.74 Å². The van der Waals surface area contributed by atoms with E-state index in [1.54, 1.807) is 0 Å². The van der Waals surface area contributed by atoms with E-state index >= 15 is 0 Å². The lowest BCUT2D eigenvalue weighted by Crippen LogP contribution is -2.50. The van der Waals surface area contributed by atoms with Gasteiger partial charge < -0.3 is 9.64 Å². The highest BCUT2D eigenvalue weighted by atomic mass is 16.5. The predicted octanol–water partition coefficient (Wildman–Crippen LogP) is -0.295. The van der Waals surface area contributed by atoms with Crippen molar-refractivity contribution in [3.63, 3.8) is 0 Å². The minimum atomic E-state index is -0.318. The summed E-state index contributed by atoms with van der Waals surface area (Å²) in [7, 11) is 0. The fraction of sp³-hybridized carbons (Fsp3) is 0.812. The summed E-state index contributed by atoms with van der Waals surface area (Å²) in [5.74, 6) is 0.111. The molecule has 0 unspecified atom stereocenters. The zero-order valence-electron chi connectivity index (χ0n) is 13.7. The summed E-state index contributed by atoms with van der Waals surface area (Å²) in [5.41, 5.74) is 0. The molecular weight excluding hydrogens is 298 g/mol. The van der Waals surface area contributed by atoms with Crippen molar-refractivity contribution in [3.05, 3.63) is 0 Å². The highest BCUT2D eigenvalue weighted by molar-refractivity contribution is 6.05. The van der Waals surface area contributed by atoms with Gasteiger partial charge in [0, 0.05) is 25.6 Å². The Kier molecular flexibility index (Phi) is 4.96. The maximum atomic E-state index is 12.5. The smallest absolute Gasteiger partial charge is 0.247 e. The number of carbonyl (C=O) groups excluding carboxylic acids is 3. The third-order valence-electron chi connectivity index (χ3n) is 5.18. The van der Waals surface area contributed by atoms with Gasteiger partial charge in [0.05, 0.1) is 25.7 Å². The van der Waals surface area contributed by atoms with Gasteiger partial charge in [-0.3, -0.25) is 24.2 Å². The van der Waals surface area contributed by atoms with E-state index in [2.05, 4.69) is 4.90 Å². The molecule has 0 aliphatic carbocycles. The molecule has 0 radical (unpaired) electrons. The first-order valence-corrected chi connectivity index (χ1v) is 8.56. The number of ether oxygens (including phenoxy) is 1. The van der Waals surface area contributed by atoms with Crippen LogP contribution in [-0.4, -0.2) is 84.4 Å². The number of nitrogens with zero attached hydrogens (tertiary/aromatic N) is 3. The molecule has 3 saturated heterocycles. The molecule has 3 fully saturated rings. The molecule has 0 N–H and O–H groups in total. The van der Waals surface area contributed by atoms with Crippen molar-refractivity contribution in [1.82, 2.24) is 14.7 Å². The number of hydrogen-bond donors (Lipinski definition) is 0. The molecule has 0 aromatic heterocycles. The fourth-order valence-corrected chi connectivity index (χ4v) is 3.78. The van der Waals surface area contributed by atoms with E-state index in [-0.39, 0.29) is 36.1 Å². The Morgan fingerprint density at radius 3 is 2.35 bits per heavy atom.